The fourth-order valence-electron chi connectivity index (χ4n) is 3.17. The Hall–Kier alpha value is -2.54. The Bertz CT molecular complexity index is 819. The van der Waals surface area contributed by atoms with Crippen LogP contribution in [-0.4, -0.2) is 42.9 Å². The number of hydrogen-bond donors (Lipinski definition) is 0. The van der Waals surface area contributed by atoms with E-state index in [9.17, 15) is 0 Å². The van der Waals surface area contributed by atoms with Crippen molar-refractivity contribution in [3.63, 3.8) is 0 Å². The molecule has 3 aromatic heterocycles. The molecule has 1 saturated heterocycles. The molecule has 0 aliphatic carbocycles. The number of nitrogens with zero attached hydrogens (tertiary/aromatic N) is 6. The number of pyridine rings is 1. The van der Waals surface area contributed by atoms with E-state index in [0.717, 1.165) is 37.3 Å². The van der Waals surface area contributed by atoms with Crippen LogP contribution in [0.2, 0.25) is 0 Å². The largest absolute Gasteiger partial charge is 0.339 e. The highest BCUT2D eigenvalue weighted by molar-refractivity contribution is 5.51. The predicted molar refractivity (Wildman–Crippen MR) is 87.9 cm³/mol. The molecule has 1 fully saturated rings. The van der Waals surface area contributed by atoms with Crippen molar-refractivity contribution in [3.05, 3.63) is 47.9 Å². The van der Waals surface area contributed by atoms with Crippen LogP contribution in [0.5, 0.6) is 0 Å². The van der Waals surface area contributed by atoms with E-state index in [1.807, 2.05) is 30.8 Å². The normalized spacial score (nSPS) is 15.6. The molecule has 4 heterocycles. The minimum absolute atomic E-state index is 0.571. The second-order valence-electron chi connectivity index (χ2n) is 6.42. The number of likely N-dealkylation sites (tertiary alicyclic amines) is 1. The molecule has 7 heteroatoms. The summed E-state index contributed by atoms with van der Waals surface area (Å²) in [6.07, 6.45) is 4.31. The minimum Gasteiger partial charge on any atom is -0.339 e. The Balaban J connectivity index is 1.31. The summed E-state index contributed by atoms with van der Waals surface area (Å²) in [5, 5.41) is 8.44. The first kappa shape index (κ1) is 15.0. The lowest BCUT2D eigenvalue weighted by Gasteiger charge is -2.38. The van der Waals surface area contributed by atoms with Crippen LogP contribution in [0.4, 0.5) is 0 Å². The van der Waals surface area contributed by atoms with Crippen LogP contribution in [0.25, 0.3) is 11.4 Å². The smallest absolute Gasteiger partial charge is 0.227 e. The van der Waals surface area contributed by atoms with Gasteiger partial charge >= 0.3 is 0 Å². The number of aromatic nitrogens is 5. The van der Waals surface area contributed by atoms with Crippen LogP contribution < -0.4 is 0 Å². The zero-order valence-electron chi connectivity index (χ0n) is 13.9. The third-order valence-electron chi connectivity index (χ3n) is 4.37. The van der Waals surface area contributed by atoms with Crippen molar-refractivity contribution >= 4 is 0 Å². The second-order valence-corrected chi connectivity index (χ2v) is 6.42. The average molecular weight is 324 g/mol. The van der Waals surface area contributed by atoms with Gasteiger partial charge in [-0.2, -0.15) is 10.1 Å². The molecule has 0 unspecified atom stereocenters. The number of hydrogen-bond acceptors (Lipinski definition) is 6. The molecule has 1 aliphatic rings. The third kappa shape index (κ3) is 3.07. The van der Waals surface area contributed by atoms with E-state index >= 15 is 0 Å². The Morgan fingerprint density at radius 1 is 1.33 bits per heavy atom. The van der Waals surface area contributed by atoms with Gasteiger partial charge in [0.15, 0.2) is 0 Å². The molecular weight excluding hydrogens is 304 g/mol. The Labute approximate surface area is 140 Å². The summed E-state index contributed by atoms with van der Waals surface area (Å²) >= 11 is 0. The first-order chi connectivity index (χ1) is 11.7. The highest BCUT2D eigenvalue weighted by atomic mass is 16.5. The van der Waals surface area contributed by atoms with Gasteiger partial charge in [-0.05, 0) is 31.0 Å². The first-order valence-electron chi connectivity index (χ1n) is 8.12. The van der Waals surface area contributed by atoms with Gasteiger partial charge in [-0.25, -0.2) is 0 Å². The average Bonchev–Trinajstić information content (AvgIpc) is 3.13. The van der Waals surface area contributed by atoms with E-state index in [2.05, 4.69) is 31.2 Å². The maximum Gasteiger partial charge on any atom is 0.227 e. The van der Waals surface area contributed by atoms with Crippen molar-refractivity contribution in [2.75, 3.05) is 13.1 Å². The fraction of sp³-hybridized carbons (Fsp3) is 0.412. The van der Waals surface area contributed by atoms with Gasteiger partial charge in [0.2, 0.25) is 11.7 Å². The van der Waals surface area contributed by atoms with Gasteiger partial charge in [0.05, 0.1) is 11.4 Å². The standard InChI is InChI=1S/C17H20N6O/c1-12-6-15(22(2)20-12)11-23-9-13(10-23)7-16-19-17(21-24-16)14-4-3-5-18-8-14/h3-6,8,13H,7,9-11H2,1-2H3. The van der Waals surface area contributed by atoms with Crippen molar-refractivity contribution in [1.82, 2.24) is 29.8 Å². The van der Waals surface area contributed by atoms with Crippen molar-refractivity contribution in [2.45, 2.75) is 19.9 Å². The second kappa shape index (κ2) is 6.16. The highest BCUT2D eigenvalue weighted by Crippen LogP contribution is 2.23. The maximum atomic E-state index is 5.38. The Morgan fingerprint density at radius 3 is 2.92 bits per heavy atom. The van der Waals surface area contributed by atoms with Crippen molar-refractivity contribution in [1.29, 1.82) is 0 Å². The molecule has 3 aromatic rings. The highest BCUT2D eigenvalue weighted by Gasteiger charge is 2.29. The molecule has 0 spiro atoms. The molecule has 0 atom stereocenters. The number of aryl methyl sites for hydroxylation is 2. The molecule has 0 bridgehead atoms. The van der Waals surface area contributed by atoms with Crippen LogP contribution in [-0.2, 0) is 20.0 Å². The van der Waals surface area contributed by atoms with E-state index in [4.69, 9.17) is 4.52 Å². The summed E-state index contributed by atoms with van der Waals surface area (Å²) < 4.78 is 7.34. The van der Waals surface area contributed by atoms with Gasteiger partial charge in [0, 0.05) is 51.1 Å². The molecule has 0 radical (unpaired) electrons. The lowest BCUT2D eigenvalue weighted by atomic mass is 9.96. The molecule has 0 aromatic carbocycles. The van der Waals surface area contributed by atoms with Gasteiger partial charge in [-0.1, -0.05) is 5.16 Å². The van der Waals surface area contributed by atoms with Gasteiger partial charge in [-0.3, -0.25) is 14.6 Å². The van der Waals surface area contributed by atoms with Gasteiger partial charge in [-0.15, -0.1) is 0 Å². The molecular formula is C17H20N6O. The molecule has 0 saturated carbocycles. The van der Waals surface area contributed by atoms with Gasteiger partial charge in [0.1, 0.15) is 0 Å². The zero-order chi connectivity index (χ0) is 16.5. The molecule has 7 nitrogen and oxygen atoms in total. The van der Waals surface area contributed by atoms with Crippen molar-refractivity contribution in [3.8, 4) is 11.4 Å². The van der Waals surface area contributed by atoms with E-state index in [1.165, 1.54) is 5.69 Å². The zero-order valence-corrected chi connectivity index (χ0v) is 13.9. The van der Waals surface area contributed by atoms with E-state index < -0.39 is 0 Å². The SMILES string of the molecule is Cc1cc(CN2CC(Cc3nc(-c4cccnc4)no3)C2)n(C)n1. The van der Waals surface area contributed by atoms with Crippen LogP contribution in [0.1, 0.15) is 17.3 Å². The summed E-state index contributed by atoms with van der Waals surface area (Å²) in [6.45, 7) is 5.07. The molecule has 24 heavy (non-hydrogen) atoms. The van der Waals surface area contributed by atoms with E-state index in [0.29, 0.717) is 17.6 Å². The first-order valence-corrected chi connectivity index (χ1v) is 8.12. The lowest BCUT2D eigenvalue weighted by molar-refractivity contribution is 0.0840. The van der Waals surface area contributed by atoms with Crippen molar-refractivity contribution < 1.29 is 4.52 Å². The topological polar surface area (TPSA) is 72.9 Å². The minimum atomic E-state index is 0.571. The summed E-state index contributed by atoms with van der Waals surface area (Å²) in [4.78, 5) is 11.0. The van der Waals surface area contributed by atoms with Crippen LogP contribution in [0.15, 0.2) is 35.1 Å². The Kier molecular flexibility index (Phi) is 3.86. The molecule has 1 aliphatic heterocycles. The van der Waals surface area contributed by atoms with E-state index in [1.54, 1.807) is 12.4 Å². The molecule has 0 amide bonds. The fourth-order valence-corrected chi connectivity index (χ4v) is 3.17. The lowest BCUT2D eigenvalue weighted by Crippen LogP contribution is -2.47. The summed E-state index contributed by atoms with van der Waals surface area (Å²) in [5.41, 5.74) is 3.20. The van der Waals surface area contributed by atoms with Gasteiger partial charge in [0.25, 0.3) is 0 Å². The predicted octanol–water partition coefficient (Wildman–Crippen LogP) is 1.85. The molecule has 4 rings (SSSR count). The van der Waals surface area contributed by atoms with Crippen LogP contribution >= 0.6 is 0 Å². The third-order valence-corrected chi connectivity index (χ3v) is 4.37. The molecule has 0 N–H and O–H groups in total. The maximum absolute atomic E-state index is 5.38. The van der Waals surface area contributed by atoms with Crippen molar-refractivity contribution in [2.24, 2.45) is 13.0 Å². The summed E-state index contributed by atoms with van der Waals surface area (Å²) in [7, 11) is 2.00. The van der Waals surface area contributed by atoms with Crippen LogP contribution in [0, 0.1) is 12.8 Å². The number of rotatable bonds is 5. The summed E-state index contributed by atoms with van der Waals surface area (Å²) in [6, 6.07) is 5.95. The summed E-state index contributed by atoms with van der Waals surface area (Å²) in [5.74, 6) is 1.89. The Morgan fingerprint density at radius 2 is 2.21 bits per heavy atom. The molecule has 124 valence electrons. The quantitative estimate of drug-likeness (QED) is 0.713. The van der Waals surface area contributed by atoms with Gasteiger partial charge < -0.3 is 4.52 Å². The van der Waals surface area contributed by atoms with Crippen LogP contribution in [0.3, 0.4) is 0 Å². The van der Waals surface area contributed by atoms with E-state index in [-0.39, 0.29) is 0 Å². The monoisotopic (exact) mass is 324 g/mol.